The third-order valence-corrected chi connectivity index (χ3v) is 1.97. The molecule has 0 radical (unpaired) electrons. The molecule has 0 spiro atoms. The molecule has 5 heteroatoms. The number of rotatable bonds is 5. The van der Waals surface area contributed by atoms with Gasteiger partial charge in [0.25, 0.3) is 0 Å². The molecule has 0 heterocycles. The zero-order valence-electron chi connectivity index (χ0n) is 9.73. The molecule has 0 saturated heterocycles. The summed E-state index contributed by atoms with van der Waals surface area (Å²) in [5.41, 5.74) is 0. The maximum Gasteiger partial charge on any atom is 1.00 e. The summed E-state index contributed by atoms with van der Waals surface area (Å²) in [6, 6.07) is 6.73. The molecule has 0 aromatic heterocycles. The van der Waals surface area contributed by atoms with Gasteiger partial charge in [-0.05, 0) is 30.7 Å². The first kappa shape index (κ1) is 15.3. The van der Waals surface area contributed by atoms with Crippen LogP contribution in [0.1, 0.15) is 13.3 Å². The molecular formula is C11H13NaO4. The molecule has 4 nitrogen and oxygen atoms in total. The number of benzene rings is 1. The van der Waals surface area contributed by atoms with Gasteiger partial charge in [0.2, 0.25) is 0 Å². The Morgan fingerprint density at radius 1 is 1.31 bits per heavy atom. The second-order valence-electron chi connectivity index (χ2n) is 3.01. The number of carbonyl (C=O) groups excluding carboxylic acids is 1. The van der Waals surface area contributed by atoms with Gasteiger partial charge in [-0.1, -0.05) is 6.92 Å². The minimum absolute atomic E-state index is 0. The van der Waals surface area contributed by atoms with Crippen molar-refractivity contribution in [3.8, 4) is 11.5 Å². The SMILES string of the molecule is CCC(Oc1ccc(OC)cc1)C(=O)[O-].[Na+]. The molecule has 16 heavy (non-hydrogen) atoms. The van der Waals surface area contributed by atoms with Crippen molar-refractivity contribution < 1.29 is 48.9 Å². The molecule has 0 saturated carbocycles. The predicted molar refractivity (Wildman–Crippen MR) is 52.7 cm³/mol. The molecule has 0 amide bonds. The third-order valence-electron chi connectivity index (χ3n) is 1.97. The number of carbonyl (C=O) groups is 1. The summed E-state index contributed by atoms with van der Waals surface area (Å²) in [6.07, 6.45) is -0.535. The van der Waals surface area contributed by atoms with Crippen LogP contribution in [0.2, 0.25) is 0 Å². The van der Waals surface area contributed by atoms with E-state index in [0.29, 0.717) is 17.9 Å². The number of methoxy groups -OCH3 is 1. The van der Waals surface area contributed by atoms with E-state index in [1.807, 2.05) is 0 Å². The van der Waals surface area contributed by atoms with Crippen LogP contribution in [0.3, 0.4) is 0 Å². The van der Waals surface area contributed by atoms with Gasteiger partial charge in [-0.25, -0.2) is 0 Å². The van der Waals surface area contributed by atoms with Gasteiger partial charge in [0.1, 0.15) is 17.6 Å². The van der Waals surface area contributed by atoms with E-state index < -0.39 is 12.1 Å². The molecular weight excluding hydrogens is 219 g/mol. The van der Waals surface area contributed by atoms with E-state index in [9.17, 15) is 9.90 Å². The summed E-state index contributed by atoms with van der Waals surface area (Å²) >= 11 is 0. The standard InChI is InChI=1S/C11H14O4.Na/c1-3-10(11(12)13)15-9-6-4-8(14-2)5-7-9;/h4-7,10H,3H2,1-2H3,(H,12,13);/q;+1/p-1. The fraction of sp³-hybridized carbons (Fsp3) is 0.364. The normalized spacial score (nSPS) is 11.1. The Morgan fingerprint density at radius 3 is 2.19 bits per heavy atom. The maximum atomic E-state index is 10.6. The van der Waals surface area contributed by atoms with Gasteiger partial charge in [0, 0.05) is 0 Å². The van der Waals surface area contributed by atoms with Crippen LogP contribution in [0.25, 0.3) is 0 Å². The summed E-state index contributed by atoms with van der Waals surface area (Å²) < 4.78 is 10.2. The Hall–Kier alpha value is -0.710. The second kappa shape index (κ2) is 7.54. The van der Waals surface area contributed by atoms with Crippen molar-refractivity contribution in [3.05, 3.63) is 24.3 Å². The summed E-state index contributed by atoms with van der Waals surface area (Å²) in [5, 5.41) is 10.6. The Bertz CT molecular complexity index is 323. The van der Waals surface area contributed by atoms with Gasteiger partial charge < -0.3 is 19.4 Å². The quantitative estimate of drug-likeness (QED) is 0.531. The van der Waals surface area contributed by atoms with Crippen molar-refractivity contribution in [2.24, 2.45) is 0 Å². The third kappa shape index (κ3) is 4.43. The van der Waals surface area contributed by atoms with Crippen molar-refractivity contribution in [1.82, 2.24) is 0 Å². The first-order valence-electron chi connectivity index (χ1n) is 4.69. The Balaban J connectivity index is 0.00000225. The van der Waals surface area contributed by atoms with Crippen molar-refractivity contribution >= 4 is 5.97 Å². The molecule has 1 aromatic carbocycles. The van der Waals surface area contributed by atoms with Crippen LogP contribution in [0.4, 0.5) is 0 Å². The van der Waals surface area contributed by atoms with E-state index in [2.05, 4.69) is 0 Å². The number of hydrogen-bond donors (Lipinski definition) is 0. The van der Waals surface area contributed by atoms with Gasteiger partial charge >= 0.3 is 29.6 Å². The van der Waals surface area contributed by atoms with Crippen LogP contribution in [-0.4, -0.2) is 19.2 Å². The monoisotopic (exact) mass is 232 g/mol. The first-order valence-corrected chi connectivity index (χ1v) is 4.69. The average Bonchev–Trinajstić information content (AvgIpc) is 2.26. The van der Waals surface area contributed by atoms with E-state index >= 15 is 0 Å². The second-order valence-corrected chi connectivity index (χ2v) is 3.01. The molecule has 1 aromatic rings. The van der Waals surface area contributed by atoms with Crippen LogP contribution in [0.5, 0.6) is 11.5 Å². The molecule has 0 aliphatic rings. The predicted octanol–water partition coefficient (Wildman–Crippen LogP) is -2.39. The Labute approximate surface area is 117 Å². The van der Waals surface area contributed by atoms with Crippen molar-refractivity contribution in [3.63, 3.8) is 0 Å². The fourth-order valence-electron chi connectivity index (χ4n) is 1.12. The molecule has 1 rings (SSSR count). The number of aliphatic carboxylic acids is 1. The van der Waals surface area contributed by atoms with Crippen LogP contribution < -0.4 is 44.1 Å². The minimum atomic E-state index is -1.20. The summed E-state index contributed by atoms with van der Waals surface area (Å²) in [7, 11) is 1.56. The Kier molecular flexibility index (Phi) is 7.21. The molecule has 0 fully saturated rings. The number of carboxylic acid groups (broad SMARTS) is 1. The molecule has 0 N–H and O–H groups in total. The van der Waals surface area contributed by atoms with Crippen molar-refractivity contribution in [2.75, 3.05) is 7.11 Å². The van der Waals surface area contributed by atoms with E-state index in [1.165, 1.54) is 0 Å². The molecule has 0 bridgehead atoms. The largest absolute Gasteiger partial charge is 1.00 e. The summed E-state index contributed by atoms with van der Waals surface area (Å²) in [6.45, 7) is 1.73. The van der Waals surface area contributed by atoms with E-state index in [-0.39, 0.29) is 29.6 Å². The summed E-state index contributed by atoms with van der Waals surface area (Å²) in [4.78, 5) is 10.6. The maximum absolute atomic E-state index is 10.6. The van der Waals surface area contributed by atoms with E-state index in [0.717, 1.165) is 0 Å². The van der Waals surface area contributed by atoms with Crippen LogP contribution in [-0.2, 0) is 4.79 Å². The smallest absolute Gasteiger partial charge is 0.546 e. The number of ether oxygens (including phenoxy) is 2. The molecule has 0 aliphatic carbocycles. The topological polar surface area (TPSA) is 58.6 Å². The van der Waals surface area contributed by atoms with Gasteiger partial charge in [0.05, 0.1) is 13.1 Å². The zero-order valence-corrected chi connectivity index (χ0v) is 11.7. The van der Waals surface area contributed by atoms with Gasteiger partial charge in [-0.3, -0.25) is 0 Å². The summed E-state index contributed by atoms with van der Waals surface area (Å²) in [5.74, 6) is -0.0102. The first-order chi connectivity index (χ1) is 7.17. The number of hydrogen-bond acceptors (Lipinski definition) is 4. The average molecular weight is 232 g/mol. The van der Waals surface area contributed by atoms with Crippen LogP contribution in [0.15, 0.2) is 24.3 Å². The van der Waals surface area contributed by atoms with Gasteiger partial charge in [0.15, 0.2) is 0 Å². The van der Waals surface area contributed by atoms with E-state index in [1.54, 1.807) is 38.3 Å². The van der Waals surface area contributed by atoms with E-state index in [4.69, 9.17) is 9.47 Å². The molecule has 1 unspecified atom stereocenters. The molecule has 1 atom stereocenters. The van der Waals surface area contributed by atoms with Crippen LogP contribution >= 0.6 is 0 Å². The fourth-order valence-corrected chi connectivity index (χ4v) is 1.12. The number of carboxylic acids is 1. The van der Waals surface area contributed by atoms with Gasteiger partial charge in [-0.15, -0.1) is 0 Å². The van der Waals surface area contributed by atoms with Crippen molar-refractivity contribution in [2.45, 2.75) is 19.4 Å². The molecule has 82 valence electrons. The van der Waals surface area contributed by atoms with Crippen LogP contribution in [0, 0.1) is 0 Å². The molecule has 0 aliphatic heterocycles. The van der Waals surface area contributed by atoms with Gasteiger partial charge in [-0.2, -0.15) is 0 Å². The Morgan fingerprint density at radius 2 is 1.81 bits per heavy atom. The van der Waals surface area contributed by atoms with Crippen molar-refractivity contribution in [1.29, 1.82) is 0 Å². The minimum Gasteiger partial charge on any atom is -0.546 e. The zero-order chi connectivity index (χ0) is 11.3.